The van der Waals surface area contributed by atoms with Crippen LogP contribution >= 0.6 is 0 Å². The van der Waals surface area contributed by atoms with Crippen LogP contribution in [0.25, 0.3) is 0 Å². The normalized spacial score (nSPS) is 26.7. The second kappa shape index (κ2) is 3.88. The van der Waals surface area contributed by atoms with Crippen LogP contribution in [0.15, 0.2) is 12.1 Å². The van der Waals surface area contributed by atoms with Gasteiger partial charge in [0.05, 0.1) is 5.69 Å². The zero-order valence-corrected chi connectivity index (χ0v) is 10.7. The smallest absolute Gasteiger partial charge is 0.293 e. The molecule has 0 spiro atoms. The summed E-state index contributed by atoms with van der Waals surface area (Å²) in [7, 11) is 1.98. The highest BCUT2D eigenvalue weighted by molar-refractivity contribution is 5.56. The third kappa shape index (κ3) is 1.77. The minimum Gasteiger partial charge on any atom is -0.364 e. The van der Waals surface area contributed by atoms with E-state index in [-0.39, 0.29) is 18.2 Å². The van der Waals surface area contributed by atoms with E-state index in [9.17, 15) is 8.78 Å². The molecular weight excluding hydrogens is 236 g/mol. The number of halogens is 2. The summed E-state index contributed by atoms with van der Waals surface area (Å²) < 4.78 is 28.3. The molecule has 1 atom stereocenters. The Morgan fingerprint density at radius 2 is 2.11 bits per heavy atom. The lowest BCUT2D eigenvalue weighted by atomic mass is 9.94. The van der Waals surface area contributed by atoms with Crippen LogP contribution in [-0.4, -0.2) is 42.6 Å². The first-order valence-corrected chi connectivity index (χ1v) is 6.28. The Bertz CT molecular complexity index is 475. The van der Waals surface area contributed by atoms with Crippen LogP contribution in [-0.2, 0) is 5.92 Å². The molecule has 0 bridgehead atoms. The van der Waals surface area contributed by atoms with Crippen molar-refractivity contribution in [1.29, 1.82) is 0 Å². The highest BCUT2D eigenvalue weighted by Crippen LogP contribution is 2.44. The molecule has 2 aliphatic heterocycles. The van der Waals surface area contributed by atoms with Gasteiger partial charge in [0.2, 0.25) is 0 Å². The summed E-state index contributed by atoms with van der Waals surface area (Å²) in [4.78, 5) is 8.28. The molecule has 0 saturated carbocycles. The van der Waals surface area contributed by atoms with Gasteiger partial charge in [-0.25, -0.2) is 4.98 Å². The topological polar surface area (TPSA) is 19.4 Å². The number of pyridine rings is 1. The van der Waals surface area contributed by atoms with Crippen LogP contribution in [0.3, 0.4) is 0 Å². The predicted octanol–water partition coefficient (Wildman–Crippen LogP) is 2.01. The summed E-state index contributed by atoms with van der Waals surface area (Å²) in [5.74, 6) is -2.80. The van der Waals surface area contributed by atoms with Gasteiger partial charge in [-0.3, -0.25) is 0 Å². The number of fused-ring (bicyclic) bond motifs is 3. The lowest BCUT2D eigenvalue weighted by molar-refractivity contribution is -0.0351. The maximum atomic E-state index is 14.2. The van der Waals surface area contributed by atoms with Gasteiger partial charge < -0.3 is 9.80 Å². The summed E-state index contributed by atoms with van der Waals surface area (Å²) >= 11 is 0. The van der Waals surface area contributed by atoms with Gasteiger partial charge in [-0.1, -0.05) is 0 Å². The molecule has 1 saturated heterocycles. The number of rotatable bonds is 0. The van der Waals surface area contributed by atoms with E-state index in [1.807, 2.05) is 13.1 Å². The number of anilines is 1. The van der Waals surface area contributed by atoms with Crippen molar-refractivity contribution in [3.05, 3.63) is 23.5 Å². The van der Waals surface area contributed by atoms with Gasteiger partial charge in [0, 0.05) is 37.8 Å². The lowest BCUT2D eigenvalue weighted by Crippen LogP contribution is -2.56. The van der Waals surface area contributed by atoms with Crippen LogP contribution in [0.2, 0.25) is 0 Å². The summed E-state index contributed by atoms with van der Waals surface area (Å²) in [5.41, 5.74) is 1.24. The van der Waals surface area contributed by atoms with Crippen molar-refractivity contribution in [2.75, 3.05) is 31.6 Å². The number of piperazine rings is 1. The molecule has 3 heterocycles. The van der Waals surface area contributed by atoms with Gasteiger partial charge >= 0.3 is 0 Å². The van der Waals surface area contributed by atoms with Crippen molar-refractivity contribution in [3.8, 4) is 0 Å². The standard InChI is InChI=1S/C13H17F2N3/c1-9-3-4-11-12(16-9)13(14,15)7-10-8-17(2)5-6-18(10)11/h3-4,10H,5-8H2,1-2H3. The minimum absolute atomic E-state index is 0.0386. The SMILES string of the molecule is Cc1ccc2c(n1)C(F)(F)CC1CN(C)CCN21. The van der Waals surface area contributed by atoms with E-state index in [4.69, 9.17) is 0 Å². The van der Waals surface area contributed by atoms with Gasteiger partial charge in [0.25, 0.3) is 5.92 Å². The number of alkyl halides is 2. The predicted molar refractivity (Wildman–Crippen MR) is 66.1 cm³/mol. The molecule has 0 aromatic carbocycles. The maximum Gasteiger partial charge on any atom is 0.293 e. The fourth-order valence-electron chi connectivity index (χ4n) is 2.95. The summed E-state index contributed by atoms with van der Waals surface area (Å²) in [6, 6.07) is 3.51. The molecule has 1 aromatic heterocycles. The minimum atomic E-state index is -2.80. The van der Waals surface area contributed by atoms with Crippen molar-refractivity contribution in [3.63, 3.8) is 0 Å². The van der Waals surface area contributed by atoms with Crippen LogP contribution in [0.4, 0.5) is 14.5 Å². The second-order valence-electron chi connectivity index (χ2n) is 5.34. The van der Waals surface area contributed by atoms with Crippen molar-refractivity contribution in [1.82, 2.24) is 9.88 Å². The maximum absolute atomic E-state index is 14.2. The third-order valence-electron chi connectivity index (χ3n) is 3.85. The molecule has 1 unspecified atom stereocenters. The van der Waals surface area contributed by atoms with Gasteiger partial charge in [0.1, 0.15) is 5.69 Å². The molecular formula is C13H17F2N3. The van der Waals surface area contributed by atoms with E-state index < -0.39 is 5.92 Å². The number of aryl methyl sites for hydroxylation is 1. The van der Waals surface area contributed by atoms with Gasteiger partial charge in [-0.05, 0) is 26.1 Å². The number of aromatic nitrogens is 1. The Morgan fingerprint density at radius 1 is 1.33 bits per heavy atom. The first kappa shape index (κ1) is 11.8. The molecule has 18 heavy (non-hydrogen) atoms. The molecule has 0 amide bonds. The molecule has 5 heteroatoms. The van der Waals surface area contributed by atoms with E-state index in [0.717, 1.165) is 13.1 Å². The number of nitrogens with zero attached hydrogens (tertiary/aromatic N) is 3. The Balaban J connectivity index is 2.06. The van der Waals surface area contributed by atoms with Gasteiger partial charge in [-0.15, -0.1) is 0 Å². The molecule has 0 radical (unpaired) electrons. The van der Waals surface area contributed by atoms with Gasteiger partial charge in [-0.2, -0.15) is 8.78 Å². The monoisotopic (exact) mass is 253 g/mol. The van der Waals surface area contributed by atoms with Crippen LogP contribution in [0, 0.1) is 6.92 Å². The summed E-state index contributed by atoms with van der Waals surface area (Å²) in [5, 5.41) is 0. The van der Waals surface area contributed by atoms with Crippen molar-refractivity contribution in [2.24, 2.45) is 0 Å². The highest BCUT2D eigenvalue weighted by atomic mass is 19.3. The van der Waals surface area contributed by atoms with Gasteiger partial charge in [0.15, 0.2) is 0 Å². The number of likely N-dealkylation sites (N-methyl/N-ethyl adjacent to an activating group) is 1. The fraction of sp³-hybridized carbons (Fsp3) is 0.615. The first-order valence-electron chi connectivity index (χ1n) is 6.28. The molecule has 3 nitrogen and oxygen atoms in total. The Kier molecular flexibility index (Phi) is 2.55. The second-order valence-corrected chi connectivity index (χ2v) is 5.34. The Hall–Kier alpha value is -1.23. The van der Waals surface area contributed by atoms with Crippen molar-refractivity contribution >= 4 is 5.69 Å². The highest BCUT2D eigenvalue weighted by Gasteiger charge is 2.47. The number of hydrogen-bond acceptors (Lipinski definition) is 3. The molecule has 0 aliphatic carbocycles. The van der Waals surface area contributed by atoms with Crippen LogP contribution in [0.5, 0.6) is 0 Å². The summed E-state index contributed by atoms with van der Waals surface area (Å²) in [6.45, 7) is 4.17. The molecule has 98 valence electrons. The van der Waals surface area contributed by atoms with Crippen LogP contribution in [0.1, 0.15) is 17.8 Å². The average molecular weight is 253 g/mol. The molecule has 3 rings (SSSR count). The average Bonchev–Trinajstić information content (AvgIpc) is 2.28. The first-order chi connectivity index (χ1) is 8.47. The largest absolute Gasteiger partial charge is 0.364 e. The molecule has 0 N–H and O–H groups in total. The number of hydrogen-bond donors (Lipinski definition) is 0. The Morgan fingerprint density at radius 3 is 2.89 bits per heavy atom. The molecule has 1 fully saturated rings. The van der Waals surface area contributed by atoms with E-state index in [0.29, 0.717) is 17.9 Å². The molecule has 2 aliphatic rings. The lowest BCUT2D eigenvalue weighted by Gasteiger charge is -2.46. The summed E-state index contributed by atoms with van der Waals surface area (Å²) in [6.07, 6.45) is -0.124. The van der Waals surface area contributed by atoms with Crippen molar-refractivity contribution < 1.29 is 8.78 Å². The zero-order chi connectivity index (χ0) is 12.9. The van der Waals surface area contributed by atoms with Crippen LogP contribution < -0.4 is 4.90 Å². The van der Waals surface area contributed by atoms with E-state index in [1.165, 1.54) is 0 Å². The molecule has 1 aromatic rings. The fourth-order valence-corrected chi connectivity index (χ4v) is 2.95. The van der Waals surface area contributed by atoms with Crippen molar-refractivity contribution in [2.45, 2.75) is 25.3 Å². The van der Waals surface area contributed by atoms with E-state index in [1.54, 1.807) is 13.0 Å². The Labute approximate surface area is 105 Å². The van der Waals surface area contributed by atoms with E-state index >= 15 is 0 Å². The zero-order valence-electron chi connectivity index (χ0n) is 10.7. The van der Waals surface area contributed by atoms with E-state index in [2.05, 4.69) is 14.8 Å². The third-order valence-corrected chi connectivity index (χ3v) is 3.85. The quantitative estimate of drug-likeness (QED) is 0.705.